The van der Waals surface area contributed by atoms with Crippen LogP contribution in [0.1, 0.15) is 10.4 Å². The molecule has 0 unspecified atom stereocenters. The van der Waals surface area contributed by atoms with E-state index in [2.05, 4.69) is 31.4 Å². The van der Waals surface area contributed by atoms with Crippen molar-refractivity contribution in [1.82, 2.24) is 0 Å². The van der Waals surface area contributed by atoms with Crippen molar-refractivity contribution in [2.24, 2.45) is 0 Å². The van der Waals surface area contributed by atoms with Crippen molar-refractivity contribution >= 4 is 44.8 Å². The van der Waals surface area contributed by atoms with Gasteiger partial charge < -0.3 is 0 Å². The number of alkyl halides is 1. The lowest BCUT2D eigenvalue weighted by molar-refractivity contribution is 1.40. The van der Waals surface area contributed by atoms with Crippen LogP contribution in [0.3, 0.4) is 0 Å². The van der Waals surface area contributed by atoms with Crippen LogP contribution >= 0.6 is 34.7 Å². The highest BCUT2D eigenvalue weighted by molar-refractivity contribution is 7.98. The second-order valence-electron chi connectivity index (χ2n) is 3.12. The van der Waals surface area contributed by atoms with Crippen molar-refractivity contribution in [3.63, 3.8) is 0 Å². The molecule has 0 saturated heterocycles. The number of halogens is 1. The van der Waals surface area contributed by atoms with E-state index in [9.17, 15) is 0 Å². The minimum atomic E-state index is 0.624. The fourth-order valence-corrected chi connectivity index (χ4v) is 3.81. The highest BCUT2D eigenvalue weighted by Gasteiger charge is 2.10. The average Bonchev–Trinajstić information content (AvgIpc) is 2.55. The largest absolute Gasteiger partial charge is 0.139 e. The van der Waals surface area contributed by atoms with Crippen molar-refractivity contribution in [3.05, 3.63) is 28.6 Å². The van der Waals surface area contributed by atoms with Crippen molar-refractivity contribution in [2.45, 2.75) is 17.7 Å². The van der Waals surface area contributed by atoms with E-state index < -0.39 is 0 Å². The number of benzene rings is 1. The Hall–Kier alpha value is -0.180. The molecule has 1 aromatic heterocycles. The van der Waals surface area contributed by atoms with Crippen LogP contribution in [0.25, 0.3) is 10.1 Å². The van der Waals surface area contributed by atoms with E-state index >= 15 is 0 Å². The van der Waals surface area contributed by atoms with Gasteiger partial charge in [-0.1, -0.05) is 6.07 Å². The Bertz CT molecular complexity index is 460. The highest BCUT2D eigenvalue weighted by Crippen LogP contribution is 2.37. The first-order valence-corrected chi connectivity index (χ1v) is 6.96. The Kier molecular flexibility index (Phi) is 3.05. The lowest BCUT2D eigenvalue weighted by Crippen LogP contribution is -1.77. The molecule has 74 valence electrons. The summed E-state index contributed by atoms with van der Waals surface area (Å²) in [6, 6.07) is 6.45. The Labute approximate surface area is 97.3 Å². The summed E-state index contributed by atoms with van der Waals surface area (Å²) in [4.78, 5) is 2.65. The Balaban J connectivity index is 2.79. The molecule has 0 spiro atoms. The van der Waals surface area contributed by atoms with Gasteiger partial charge in [0.15, 0.2) is 0 Å². The zero-order valence-electron chi connectivity index (χ0n) is 8.13. The van der Waals surface area contributed by atoms with Gasteiger partial charge in [0, 0.05) is 19.9 Å². The van der Waals surface area contributed by atoms with Gasteiger partial charge >= 0.3 is 0 Å². The van der Waals surface area contributed by atoms with Crippen LogP contribution in [0.2, 0.25) is 0 Å². The molecule has 1 heterocycles. The van der Waals surface area contributed by atoms with Crippen LogP contribution in [0.15, 0.2) is 23.1 Å². The summed E-state index contributed by atoms with van der Waals surface area (Å²) in [6.07, 6.45) is 2.12. The summed E-state index contributed by atoms with van der Waals surface area (Å²) in [6.45, 7) is 2.16. The maximum atomic E-state index is 5.90. The van der Waals surface area contributed by atoms with Crippen LogP contribution in [-0.4, -0.2) is 6.26 Å². The normalized spacial score (nSPS) is 11.1. The molecule has 1 aromatic carbocycles. The molecule has 0 aliphatic heterocycles. The summed E-state index contributed by atoms with van der Waals surface area (Å²) >= 11 is 9.51. The second kappa shape index (κ2) is 4.13. The van der Waals surface area contributed by atoms with Crippen molar-refractivity contribution in [3.8, 4) is 0 Å². The zero-order valence-corrected chi connectivity index (χ0v) is 10.5. The van der Waals surface area contributed by atoms with Gasteiger partial charge in [0.05, 0.1) is 5.88 Å². The van der Waals surface area contributed by atoms with Gasteiger partial charge in [-0.05, 0) is 30.9 Å². The molecule has 3 heteroatoms. The molecule has 0 amide bonds. The van der Waals surface area contributed by atoms with E-state index in [0.717, 1.165) is 0 Å². The van der Waals surface area contributed by atoms with E-state index in [1.165, 1.54) is 25.4 Å². The fourth-order valence-electron chi connectivity index (χ4n) is 1.61. The maximum Gasteiger partial charge on any atom is 0.0571 e. The van der Waals surface area contributed by atoms with Crippen LogP contribution in [0.4, 0.5) is 0 Å². The first-order valence-electron chi connectivity index (χ1n) is 4.39. The fraction of sp³-hybridized carbons (Fsp3) is 0.273. The predicted molar refractivity (Wildman–Crippen MR) is 67.9 cm³/mol. The molecule has 0 aliphatic carbocycles. The number of rotatable bonds is 2. The van der Waals surface area contributed by atoms with Crippen LogP contribution in [0, 0.1) is 6.92 Å². The molecular weight excluding hydrogens is 232 g/mol. The quantitative estimate of drug-likeness (QED) is 0.545. The SMILES string of the molecule is CSc1cccc2sc(CCl)c(C)c12. The molecule has 2 rings (SSSR count). The van der Waals surface area contributed by atoms with Crippen molar-refractivity contribution < 1.29 is 0 Å². The van der Waals surface area contributed by atoms with Gasteiger partial charge in [0.25, 0.3) is 0 Å². The molecule has 2 aromatic rings. The second-order valence-corrected chi connectivity index (χ2v) is 5.37. The summed E-state index contributed by atoms with van der Waals surface area (Å²) in [7, 11) is 0. The van der Waals surface area contributed by atoms with Gasteiger partial charge in [0.1, 0.15) is 0 Å². The number of thiophene rings is 1. The summed E-state index contributed by atoms with van der Waals surface area (Å²) < 4.78 is 1.35. The third kappa shape index (κ3) is 1.56. The molecular formula is C11H11ClS2. The molecule has 0 radical (unpaired) electrons. The third-order valence-electron chi connectivity index (χ3n) is 2.36. The van der Waals surface area contributed by atoms with Gasteiger partial charge in [-0.25, -0.2) is 0 Å². The van der Waals surface area contributed by atoms with Gasteiger partial charge in [-0.2, -0.15) is 0 Å². The predicted octanol–water partition coefficient (Wildman–Crippen LogP) is 4.67. The molecule has 14 heavy (non-hydrogen) atoms. The first-order chi connectivity index (χ1) is 6.77. The Morgan fingerprint density at radius 3 is 2.86 bits per heavy atom. The van der Waals surface area contributed by atoms with Crippen LogP contribution in [0.5, 0.6) is 0 Å². The number of aryl methyl sites for hydroxylation is 1. The van der Waals surface area contributed by atoms with E-state index in [-0.39, 0.29) is 0 Å². The first kappa shape index (κ1) is 10.3. The molecule has 0 fully saturated rings. The Morgan fingerprint density at radius 2 is 2.21 bits per heavy atom. The van der Waals surface area contributed by atoms with Crippen molar-refractivity contribution in [1.29, 1.82) is 0 Å². The standard InChI is InChI=1S/C11H11ClS2/c1-7-10(6-12)14-9-5-3-4-8(13-2)11(7)9/h3-5H,6H2,1-2H3. The molecule has 0 saturated carbocycles. The molecule has 0 aliphatic rings. The summed E-state index contributed by atoms with van der Waals surface area (Å²) in [5.74, 6) is 0.624. The van der Waals surface area contributed by atoms with Crippen LogP contribution in [-0.2, 0) is 5.88 Å². The summed E-state index contributed by atoms with van der Waals surface area (Å²) in [5, 5.41) is 1.39. The molecule has 0 nitrogen and oxygen atoms in total. The monoisotopic (exact) mass is 242 g/mol. The molecule has 0 N–H and O–H groups in total. The lowest BCUT2D eigenvalue weighted by atomic mass is 10.1. The summed E-state index contributed by atoms with van der Waals surface area (Å²) in [5.41, 5.74) is 1.35. The van der Waals surface area contributed by atoms with Crippen LogP contribution < -0.4 is 0 Å². The maximum absolute atomic E-state index is 5.90. The topological polar surface area (TPSA) is 0 Å². The van der Waals surface area contributed by atoms with Gasteiger partial charge in [-0.3, -0.25) is 0 Å². The highest BCUT2D eigenvalue weighted by atomic mass is 35.5. The zero-order chi connectivity index (χ0) is 10.1. The van der Waals surface area contributed by atoms with Gasteiger partial charge in [-0.15, -0.1) is 34.7 Å². The van der Waals surface area contributed by atoms with E-state index in [1.807, 2.05) is 11.3 Å². The number of hydrogen-bond donors (Lipinski definition) is 0. The number of hydrogen-bond acceptors (Lipinski definition) is 2. The average molecular weight is 243 g/mol. The van der Waals surface area contributed by atoms with Crippen molar-refractivity contribution in [2.75, 3.05) is 6.26 Å². The van der Waals surface area contributed by atoms with E-state index in [4.69, 9.17) is 11.6 Å². The molecule has 0 atom stereocenters. The molecule has 0 bridgehead atoms. The smallest absolute Gasteiger partial charge is 0.0571 e. The minimum Gasteiger partial charge on any atom is -0.139 e. The Morgan fingerprint density at radius 1 is 1.43 bits per heavy atom. The lowest BCUT2D eigenvalue weighted by Gasteiger charge is -1.99. The minimum absolute atomic E-state index is 0.624. The van der Waals surface area contributed by atoms with Gasteiger partial charge in [0.2, 0.25) is 0 Å². The van der Waals surface area contributed by atoms with E-state index in [1.54, 1.807) is 11.8 Å². The number of fused-ring (bicyclic) bond motifs is 1. The third-order valence-corrected chi connectivity index (χ3v) is 4.82. The number of thioether (sulfide) groups is 1. The van der Waals surface area contributed by atoms with E-state index in [0.29, 0.717) is 5.88 Å².